The Morgan fingerprint density at radius 2 is 2.00 bits per heavy atom. The fourth-order valence-electron chi connectivity index (χ4n) is 4.81. The minimum atomic E-state index is -2.46. The first-order valence-corrected chi connectivity index (χ1v) is 13.7. The Balaban J connectivity index is 1.78. The van der Waals surface area contributed by atoms with Crippen molar-refractivity contribution in [2.75, 3.05) is 34.6 Å². The third-order valence-corrected chi connectivity index (χ3v) is 7.39. The van der Waals surface area contributed by atoms with Gasteiger partial charge < -0.3 is 19.9 Å². The van der Waals surface area contributed by atoms with Crippen LogP contribution in [0.1, 0.15) is 55.5 Å². The second-order valence-corrected chi connectivity index (χ2v) is 10.7. The second-order valence-electron chi connectivity index (χ2n) is 9.46. The van der Waals surface area contributed by atoms with Crippen LogP contribution in [0.2, 0.25) is 5.15 Å². The van der Waals surface area contributed by atoms with Crippen molar-refractivity contribution in [2.24, 2.45) is 0 Å². The predicted octanol–water partition coefficient (Wildman–Crippen LogP) is 4.92. The SMILES string of the molecule is CCCN(c1cc(-c2cc(C)c3c(c2)CN(c2nc(N)nc(C)c2C(C)C)CCO3)cnc1Cl)S(=O)[O-]. The molecule has 0 spiro atoms. The van der Waals surface area contributed by atoms with Crippen LogP contribution in [-0.4, -0.2) is 43.4 Å². The molecule has 0 amide bonds. The molecule has 0 saturated carbocycles. The summed E-state index contributed by atoms with van der Waals surface area (Å²) in [5, 5.41) is 0.139. The molecule has 4 rings (SSSR count). The van der Waals surface area contributed by atoms with Crippen LogP contribution < -0.4 is 19.7 Å². The van der Waals surface area contributed by atoms with Crippen LogP contribution in [0.5, 0.6) is 5.75 Å². The lowest BCUT2D eigenvalue weighted by Gasteiger charge is -2.27. The molecule has 1 unspecified atom stereocenters. The highest BCUT2D eigenvalue weighted by Gasteiger charge is 2.24. The number of fused-ring (bicyclic) bond motifs is 1. The first-order valence-electron chi connectivity index (χ1n) is 12.3. The van der Waals surface area contributed by atoms with E-state index in [4.69, 9.17) is 22.1 Å². The highest BCUT2D eigenvalue weighted by molar-refractivity contribution is 7.80. The number of aromatic nitrogens is 3. The van der Waals surface area contributed by atoms with Gasteiger partial charge in [-0.15, -0.1) is 0 Å². The van der Waals surface area contributed by atoms with Gasteiger partial charge in [-0.05, 0) is 55.5 Å². The Bertz CT molecular complexity index is 1340. The van der Waals surface area contributed by atoms with Crippen molar-refractivity contribution in [3.05, 3.63) is 51.9 Å². The molecule has 3 heterocycles. The first-order chi connectivity index (χ1) is 17.6. The number of pyridine rings is 1. The number of ether oxygens (including phenoxy) is 1. The van der Waals surface area contributed by atoms with Gasteiger partial charge in [0, 0.05) is 52.9 Å². The van der Waals surface area contributed by atoms with Gasteiger partial charge in [0.05, 0.1) is 12.2 Å². The van der Waals surface area contributed by atoms with Crippen molar-refractivity contribution in [1.82, 2.24) is 15.0 Å². The number of benzene rings is 1. The number of hydrogen-bond donors (Lipinski definition) is 1. The van der Waals surface area contributed by atoms with Crippen LogP contribution in [0.15, 0.2) is 24.4 Å². The van der Waals surface area contributed by atoms with Crippen LogP contribution in [0.25, 0.3) is 11.1 Å². The zero-order chi connectivity index (χ0) is 26.9. The van der Waals surface area contributed by atoms with Gasteiger partial charge in [0.25, 0.3) is 0 Å². The van der Waals surface area contributed by atoms with Gasteiger partial charge in [0.2, 0.25) is 5.95 Å². The average molecular weight is 544 g/mol. The van der Waals surface area contributed by atoms with Gasteiger partial charge >= 0.3 is 0 Å². The smallest absolute Gasteiger partial charge is 0.222 e. The molecule has 198 valence electrons. The summed E-state index contributed by atoms with van der Waals surface area (Å²) in [4.78, 5) is 15.5. The van der Waals surface area contributed by atoms with E-state index in [2.05, 4.69) is 39.8 Å². The molecule has 0 bridgehead atoms. The van der Waals surface area contributed by atoms with Gasteiger partial charge in [-0.3, -0.25) is 8.51 Å². The number of nitrogens with two attached hydrogens (primary N) is 1. The van der Waals surface area contributed by atoms with Crippen LogP contribution in [0.3, 0.4) is 0 Å². The molecule has 1 aliphatic heterocycles. The van der Waals surface area contributed by atoms with E-state index < -0.39 is 11.3 Å². The number of hydrogen-bond acceptors (Lipinski definition) is 8. The molecule has 1 aromatic carbocycles. The maximum absolute atomic E-state index is 11.9. The van der Waals surface area contributed by atoms with Gasteiger partial charge in [-0.1, -0.05) is 32.4 Å². The molecule has 1 aliphatic rings. The molecule has 2 N–H and O–H groups in total. The quantitative estimate of drug-likeness (QED) is 0.329. The fourth-order valence-corrected chi connectivity index (χ4v) is 5.70. The molecule has 0 radical (unpaired) electrons. The summed E-state index contributed by atoms with van der Waals surface area (Å²) in [7, 11) is 0. The van der Waals surface area contributed by atoms with Crippen molar-refractivity contribution in [2.45, 2.75) is 53.5 Å². The lowest BCUT2D eigenvalue weighted by atomic mass is 9.99. The van der Waals surface area contributed by atoms with Crippen LogP contribution in [-0.2, 0) is 17.8 Å². The van der Waals surface area contributed by atoms with Crippen molar-refractivity contribution in [1.29, 1.82) is 0 Å². The topological polar surface area (TPSA) is 121 Å². The summed E-state index contributed by atoms with van der Waals surface area (Å²) >= 11 is 3.84. The molecule has 9 nitrogen and oxygen atoms in total. The third kappa shape index (κ3) is 5.66. The molecule has 0 aliphatic carbocycles. The normalized spacial score (nSPS) is 14.2. The maximum Gasteiger partial charge on any atom is 0.222 e. The van der Waals surface area contributed by atoms with E-state index in [0.717, 1.165) is 45.1 Å². The van der Waals surface area contributed by atoms with E-state index in [0.29, 0.717) is 38.3 Å². The zero-order valence-electron chi connectivity index (χ0n) is 21.7. The Morgan fingerprint density at radius 1 is 1.24 bits per heavy atom. The molecular formula is C26H32ClN6O3S-. The number of aryl methyl sites for hydroxylation is 2. The fraction of sp³-hybridized carbons (Fsp3) is 0.423. The van der Waals surface area contributed by atoms with Gasteiger partial charge in [0.15, 0.2) is 5.15 Å². The van der Waals surface area contributed by atoms with Crippen molar-refractivity contribution in [3.63, 3.8) is 0 Å². The standard InChI is InChI=1S/C26H33ClN6O3S/c1-6-7-33(37(34)35)21-12-19(13-29-24(21)27)18-10-16(4)23-20(11-18)14-32(8-9-36-23)25-22(15(2)3)17(5)30-26(28)31-25/h10-13,15H,6-9,14H2,1-5H3,(H,34,35)(H2,28,30,31)/p-1. The summed E-state index contributed by atoms with van der Waals surface area (Å²) in [6.07, 6.45) is 2.30. The van der Waals surface area contributed by atoms with Crippen molar-refractivity contribution < 1.29 is 13.5 Å². The summed E-state index contributed by atoms with van der Waals surface area (Å²) < 4.78 is 31.1. The molecule has 11 heteroatoms. The third-order valence-electron chi connectivity index (χ3n) is 6.36. The summed E-state index contributed by atoms with van der Waals surface area (Å²) in [5.74, 6) is 2.14. The number of halogens is 1. The molecule has 0 fully saturated rings. The van der Waals surface area contributed by atoms with E-state index in [-0.39, 0.29) is 17.0 Å². The van der Waals surface area contributed by atoms with Crippen molar-refractivity contribution >= 4 is 40.3 Å². The number of rotatable bonds is 7. The molecule has 2 aromatic heterocycles. The molecule has 37 heavy (non-hydrogen) atoms. The number of nitrogen functional groups attached to an aromatic ring is 1. The molecular weight excluding hydrogens is 512 g/mol. The van der Waals surface area contributed by atoms with Gasteiger partial charge in [-0.25, -0.2) is 9.97 Å². The molecule has 1 atom stereocenters. The maximum atomic E-state index is 11.9. The van der Waals surface area contributed by atoms with Gasteiger partial charge in [-0.2, -0.15) is 4.98 Å². The minimum absolute atomic E-state index is 0.139. The van der Waals surface area contributed by atoms with Gasteiger partial charge in [0.1, 0.15) is 18.2 Å². The van der Waals surface area contributed by atoms with Crippen LogP contribution >= 0.6 is 11.6 Å². The van der Waals surface area contributed by atoms with E-state index in [1.807, 2.05) is 26.8 Å². The Hall–Kier alpha value is -2.95. The predicted molar refractivity (Wildman–Crippen MR) is 148 cm³/mol. The monoisotopic (exact) mass is 543 g/mol. The highest BCUT2D eigenvalue weighted by Crippen LogP contribution is 2.37. The Labute approximate surface area is 225 Å². The van der Waals surface area contributed by atoms with Crippen LogP contribution in [0, 0.1) is 13.8 Å². The molecule has 0 saturated heterocycles. The van der Waals surface area contributed by atoms with E-state index in [1.54, 1.807) is 12.3 Å². The minimum Gasteiger partial charge on any atom is -0.755 e. The lowest BCUT2D eigenvalue weighted by Crippen LogP contribution is -2.28. The lowest BCUT2D eigenvalue weighted by molar-refractivity contribution is 0.329. The number of anilines is 3. The zero-order valence-corrected chi connectivity index (χ0v) is 23.3. The summed E-state index contributed by atoms with van der Waals surface area (Å²) in [6, 6.07) is 5.84. The van der Waals surface area contributed by atoms with Crippen molar-refractivity contribution in [3.8, 4) is 16.9 Å². The Morgan fingerprint density at radius 3 is 2.68 bits per heavy atom. The summed E-state index contributed by atoms with van der Waals surface area (Å²) in [6.45, 7) is 12.1. The highest BCUT2D eigenvalue weighted by atomic mass is 35.5. The first kappa shape index (κ1) is 27.1. The van der Waals surface area contributed by atoms with E-state index in [1.165, 1.54) is 4.31 Å². The van der Waals surface area contributed by atoms with E-state index >= 15 is 0 Å². The van der Waals surface area contributed by atoms with E-state index in [9.17, 15) is 8.76 Å². The largest absolute Gasteiger partial charge is 0.755 e. The molecule has 3 aromatic rings. The Kier molecular flexibility index (Phi) is 8.20. The average Bonchev–Trinajstić information content (AvgIpc) is 3.05. The number of nitrogens with zero attached hydrogens (tertiary/aromatic N) is 5. The second kappa shape index (κ2) is 11.2. The summed E-state index contributed by atoms with van der Waals surface area (Å²) in [5.41, 5.74) is 12.0. The van der Waals surface area contributed by atoms with Crippen LogP contribution in [0.4, 0.5) is 17.5 Å².